The van der Waals surface area contributed by atoms with E-state index >= 15 is 0 Å². The summed E-state index contributed by atoms with van der Waals surface area (Å²) < 4.78 is 20.3. The lowest BCUT2D eigenvalue weighted by atomic mass is 10.1. The van der Waals surface area contributed by atoms with E-state index < -0.39 is 5.82 Å². The third-order valence-electron chi connectivity index (χ3n) is 3.90. The van der Waals surface area contributed by atoms with Gasteiger partial charge in [0.1, 0.15) is 17.1 Å². The Balaban J connectivity index is 1.91. The molecule has 1 aliphatic carbocycles. The fourth-order valence-corrected chi connectivity index (χ4v) is 3.06. The highest BCUT2D eigenvalue weighted by atomic mass is 79.9. The van der Waals surface area contributed by atoms with E-state index in [9.17, 15) is 9.18 Å². The molecule has 0 unspecified atom stereocenters. The zero-order chi connectivity index (χ0) is 16.4. The summed E-state index contributed by atoms with van der Waals surface area (Å²) in [6.07, 6.45) is 1.91. The van der Waals surface area contributed by atoms with Crippen molar-refractivity contribution in [1.82, 2.24) is 4.90 Å². The first-order valence-electron chi connectivity index (χ1n) is 7.48. The number of benzene rings is 2. The predicted octanol–water partition coefficient (Wildman–Crippen LogP) is 4.40. The van der Waals surface area contributed by atoms with Crippen LogP contribution < -0.4 is 4.74 Å². The SMILES string of the molecule is COc1cccc(F)c1C(=O)N(Cc1cccc(Br)c1)C1CC1. The fourth-order valence-electron chi connectivity index (χ4n) is 2.61. The number of rotatable bonds is 5. The van der Waals surface area contributed by atoms with Gasteiger partial charge >= 0.3 is 0 Å². The molecule has 0 aliphatic heterocycles. The van der Waals surface area contributed by atoms with Crippen molar-refractivity contribution in [2.45, 2.75) is 25.4 Å². The quantitative estimate of drug-likeness (QED) is 0.772. The number of nitrogens with zero attached hydrogens (tertiary/aromatic N) is 1. The molecule has 0 radical (unpaired) electrons. The lowest BCUT2D eigenvalue weighted by Crippen LogP contribution is -2.33. The average molecular weight is 378 g/mol. The van der Waals surface area contributed by atoms with Crippen molar-refractivity contribution in [3.8, 4) is 5.75 Å². The van der Waals surface area contributed by atoms with E-state index in [1.165, 1.54) is 13.2 Å². The molecule has 0 heterocycles. The van der Waals surface area contributed by atoms with Crippen LogP contribution in [0.25, 0.3) is 0 Å². The minimum absolute atomic E-state index is 0.0110. The molecule has 0 spiro atoms. The van der Waals surface area contributed by atoms with Gasteiger partial charge in [-0.2, -0.15) is 0 Å². The second-order valence-electron chi connectivity index (χ2n) is 5.61. The Morgan fingerprint density at radius 2 is 2.04 bits per heavy atom. The van der Waals surface area contributed by atoms with Crippen molar-refractivity contribution in [3.63, 3.8) is 0 Å². The van der Waals surface area contributed by atoms with Gasteiger partial charge in [-0.25, -0.2) is 4.39 Å². The number of hydrogen-bond acceptors (Lipinski definition) is 2. The number of hydrogen-bond donors (Lipinski definition) is 0. The summed E-state index contributed by atoms with van der Waals surface area (Å²) in [4.78, 5) is 14.6. The van der Waals surface area contributed by atoms with E-state index in [-0.39, 0.29) is 23.3 Å². The van der Waals surface area contributed by atoms with E-state index in [1.54, 1.807) is 17.0 Å². The van der Waals surface area contributed by atoms with Crippen molar-refractivity contribution < 1.29 is 13.9 Å². The molecule has 0 bridgehead atoms. The molecule has 2 aromatic rings. The molecule has 1 saturated carbocycles. The van der Waals surface area contributed by atoms with Gasteiger partial charge in [-0.15, -0.1) is 0 Å². The van der Waals surface area contributed by atoms with E-state index in [0.29, 0.717) is 6.54 Å². The number of halogens is 2. The van der Waals surface area contributed by atoms with Crippen LogP contribution in [-0.2, 0) is 6.54 Å². The molecule has 2 aromatic carbocycles. The maximum absolute atomic E-state index is 14.2. The van der Waals surface area contributed by atoms with Crippen molar-refractivity contribution in [1.29, 1.82) is 0 Å². The Morgan fingerprint density at radius 1 is 1.30 bits per heavy atom. The Kier molecular flexibility index (Phi) is 4.66. The maximum atomic E-state index is 14.2. The summed E-state index contributed by atoms with van der Waals surface area (Å²) >= 11 is 3.44. The first-order chi connectivity index (χ1) is 11.1. The third kappa shape index (κ3) is 3.55. The van der Waals surface area contributed by atoms with Crippen LogP contribution in [0.1, 0.15) is 28.8 Å². The summed E-state index contributed by atoms with van der Waals surface area (Å²) in [6, 6.07) is 12.4. The molecule has 3 nitrogen and oxygen atoms in total. The first kappa shape index (κ1) is 16.0. The van der Waals surface area contributed by atoms with Crippen LogP contribution in [0.15, 0.2) is 46.9 Å². The summed E-state index contributed by atoms with van der Waals surface area (Å²) in [6.45, 7) is 0.459. The second kappa shape index (κ2) is 6.71. The zero-order valence-electron chi connectivity index (χ0n) is 12.8. The monoisotopic (exact) mass is 377 g/mol. The summed E-state index contributed by atoms with van der Waals surface area (Å²) in [5.41, 5.74) is 1.02. The topological polar surface area (TPSA) is 29.5 Å². The molecule has 0 atom stereocenters. The number of amides is 1. The Morgan fingerprint density at radius 3 is 2.70 bits per heavy atom. The van der Waals surface area contributed by atoms with Crippen LogP contribution in [0, 0.1) is 5.82 Å². The smallest absolute Gasteiger partial charge is 0.261 e. The zero-order valence-corrected chi connectivity index (χ0v) is 14.3. The Bertz CT molecular complexity index is 731. The van der Waals surface area contributed by atoms with Crippen LogP contribution in [0.5, 0.6) is 5.75 Å². The summed E-state index contributed by atoms with van der Waals surface area (Å²) in [5.74, 6) is -0.591. The fraction of sp³-hybridized carbons (Fsp3) is 0.278. The standard InChI is InChI=1S/C18H17BrFNO2/c1-23-16-7-3-6-15(20)17(16)18(22)21(14-8-9-14)11-12-4-2-5-13(19)10-12/h2-7,10,14H,8-9,11H2,1H3. The van der Waals surface area contributed by atoms with Gasteiger partial charge in [-0.1, -0.05) is 34.1 Å². The Hall–Kier alpha value is -1.88. The molecular weight excluding hydrogens is 361 g/mol. The molecule has 5 heteroatoms. The van der Waals surface area contributed by atoms with Crippen LogP contribution in [-0.4, -0.2) is 24.0 Å². The van der Waals surface area contributed by atoms with E-state index in [1.807, 2.05) is 24.3 Å². The molecule has 0 saturated heterocycles. The molecule has 0 N–H and O–H groups in total. The molecule has 1 fully saturated rings. The highest BCUT2D eigenvalue weighted by Gasteiger charge is 2.35. The molecular formula is C18H17BrFNO2. The van der Waals surface area contributed by atoms with E-state index in [0.717, 1.165) is 22.9 Å². The van der Waals surface area contributed by atoms with Gasteiger partial charge < -0.3 is 9.64 Å². The molecule has 0 aromatic heterocycles. The lowest BCUT2D eigenvalue weighted by Gasteiger charge is -2.24. The van der Waals surface area contributed by atoms with Gasteiger partial charge in [-0.3, -0.25) is 4.79 Å². The number of carbonyl (C=O) groups excluding carboxylic acids is 1. The third-order valence-corrected chi connectivity index (χ3v) is 4.39. The van der Waals surface area contributed by atoms with Gasteiger partial charge in [0.25, 0.3) is 5.91 Å². The van der Waals surface area contributed by atoms with E-state index in [2.05, 4.69) is 15.9 Å². The predicted molar refractivity (Wildman–Crippen MR) is 90.0 cm³/mol. The first-order valence-corrected chi connectivity index (χ1v) is 8.27. The van der Waals surface area contributed by atoms with Crippen molar-refractivity contribution in [2.75, 3.05) is 7.11 Å². The maximum Gasteiger partial charge on any atom is 0.261 e. The molecule has 1 amide bonds. The van der Waals surface area contributed by atoms with Gasteiger partial charge in [0.15, 0.2) is 0 Å². The van der Waals surface area contributed by atoms with Crippen LogP contribution >= 0.6 is 15.9 Å². The van der Waals surface area contributed by atoms with Crippen LogP contribution in [0.3, 0.4) is 0 Å². The van der Waals surface area contributed by atoms with Gasteiger partial charge in [-0.05, 0) is 42.7 Å². The summed E-state index contributed by atoms with van der Waals surface area (Å²) in [7, 11) is 1.45. The Labute approximate surface area is 143 Å². The number of carbonyl (C=O) groups is 1. The van der Waals surface area contributed by atoms with Gasteiger partial charge in [0, 0.05) is 17.1 Å². The molecule has 23 heavy (non-hydrogen) atoms. The van der Waals surface area contributed by atoms with Crippen molar-refractivity contribution in [3.05, 3.63) is 63.9 Å². The van der Waals surface area contributed by atoms with E-state index in [4.69, 9.17) is 4.74 Å². The second-order valence-corrected chi connectivity index (χ2v) is 6.53. The van der Waals surface area contributed by atoms with Gasteiger partial charge in [0.05, 0.1) is 7.11 Å². The van der Waals surface area contributed by atoms with Crippen molar-refractivity contribution >= 4 is 21.8 Å². The van der Waals surface area contributed by atoms with Crippen LogP contribution in [0.4, 0.5) is 4.39 Å². The highest BCUT2D eigenvalue weighted by molar-refractivity contribution is 9.10. The largest absolute Gasteiger partial charge is 0.496 e. The van der Waals surface area contributed by atoms with Crippen LogP contribution in [0.2, 0.25) is 0 Å². The molecule has 120 valence electrons. The minimum Gasteiger partial charge on any atom is -0.496 e. The normalized spacial score (nSPS) is 13.7. The van der Waals surface area contributed by atoms with Gasteiger partial charge in [0.2, 0.25) is 0 Å². The minimum atomic E-state index is -0.547. The summed E-state index contributed by atoms with van der Waals surface area (Å²) in [5, 5.41) is 0. The molecule has 1 aliphatic rings. The lowest BCUT2D eigenvalue weighted by molar-refractivity contribution is 0.0721. The average Bonchev–Trinajstić information content (AvgIpc) is 3.36. The highest BCUT2D eigenvalue weighted by Crippen LogP contribution is 2.32. The molecule has 3 rings (SSSR count). The number of methoxy groups -OCH3 is 1. The number of ether oxygens (including phenoxy) is 1. The van der Waals surface area contributed by atoms with Crippen molar-refractivity contribution in [2.24, 2.45) is 0 Å².